The first kappa shape index (κ1) is 4.09. The van der Waals surface area contributed by atoms with E-state index in [4.69, 9.17) is 0 Å². The second-order valence-electron chi connectivity index (χ2n) is 1.18. The highest BCUT2D eigenvalue weighted by molar-refractivity contribution is 5.99. The average molecular weight is 96.1 g/mol. The van der Waals surface area contributed by atoms with Gasteiger partial charge in [0.1, 0.15) is 0 Å². The highest BCUT2D eigenvalue weighted by Crippen LogP contribution is 1.84. The molecule has 1 aliphatic rings. The fourth-order valence-electron chi connectivity index (χ4n) is 0.254. The zero-order valence-corrected chi connectivity index (χ0v) is 3.88. The van der Waals surface area contributed by atoms with Crippen molar-refractivity contribution in [3.8, 4) is 0 Å². The van der Waals surface area contributed by atoms with Crippen LogP contribution in [0.15, 0.2) is 16.4 Å². The summed E-state index contributed by atoms with van der Waals surface area (Å²) < 4.78 is 0. The van der Waals surface area contributed by atoms with E-state index in [1.54, 1.807) is 6.08 Å². The zero-order chi connectivity index (χ0) is 5.11. The van der Waals surface area contributed by atoms with E-state index in [2.05, 4.69) is 21.1 Å². The predicted octanol–water partition coefficient (Wildman–Crippen LogP) is 0.533. The standard InChI is InChI=1S/C4H4N2O/c1-4-2-3-5-7-6-4/h2H,1H3. The Morgan fingerprint density at radius 2 is 2.71 bits per heavy atom. The lowest BCUT2D eigenvalue weighted by molar-refractivity contribution is 0.156. The van der Waals surface area contributed by atoms with Crippen LogP contribution < -0.4 is 0 Å². The lowest BCUT2D eigenvalue weighted by atomic mass is 10.4. The van der Waals surface area contributed by atoms with E-state index in [0.29, 0.717) is 0 Å². The maximum atomic E-state index is 4.25. The van der Waals surface area contributed by atoms with E-state index in [0.717, 1.165) is 5.71 Å². The van der Waals surface area contributed by atoms with Crippen molar-refractivity contribution in [1.29, 1.82) is 0 Å². The third-order valence-electron chi connectivity index (χ3n) is 0.552. The Kier molecular flexibility index (Phi) is 0.922. The molecule has 0 saturated carbocycles. The van der Waals surface area contributed by atoms with Crippen LogP contribution in [0.4, 0.5) is 0 Å². The van der Waals surface area contributed by atoms with E-state index in [-0.39, 0.29) is 0 Å². The van der Waals surface area contributed by atoms with Crippen LogP contribution in [0.5, 0.6) is 0 Å². The summed E-state index contributed by atoms with van der Waals surface area (Å²) in [7, 11) is 0. The zero-order valence-electron chi connectivity index (χ0n) is 3.88. The molecule has 0 spiro atoms. The van der Waals surface area contributed by atoms with Gasteiger partial charge in [-0.15, -0.1) is 0 Å². The van der Waals surface area contributed by atoms with Crippen molar-refractivity contribution in [2.45, 2.75) is 6.92 Å². The first-order valence-electron chi connectivity index (χ1n) is 1.89. The van der Waals surface area contributed by atoms with E-state index < -0.39 is 0 Å². The SMILES string of the molecule is CC1=NON=C=C1. The highest BCUT2D eigenvalue weighted by atomic mass is 16.8. The molecule has 36 valence electrons. The van der Waals surface area contributed by atoms with Gasteiger partial charge >= 0.3 is 0 Å². The van der Waals surface area contributed by atoms with Gasteiger partial charge in [0.15, 0.2) is 0 Å². The predicted molar refractivity (Wildman–Crippen MR) is 26.2 cm³/mol. The third-order valence-corrected chi connectivity index (χ3v) is 0.552. The topological polar surface area (TPSA) is 34.0 Å². The summed E-state index contributed by atoms with van der Waals surface area (Å²) in [6.45, 7) is 1.81. The quantitative estimate of drug-likeness (QED) is 0.433. The van der Waals surface area contributed by atoms with Crippen LogP contribution in [0.2, 0.25) is 0 Å². The molecule has 0 aromatic carbocycles. The summed E-state index contributed by atoms with van der Waals surface area (Å²) in [6.07, 6.45) is 1.64. The lowest BCUT2D eigenvalue weighted by Crippen LogP contribution is -1.88. The minimum Gasteiger partial charge on any atom is -0.236 e. The third kappa shape index (κ3) is 0.876. The number of rotatable bonds is 0. The molecule has 0 aliphatic carbocycles. The summed E-state index contributed by atoms with van der Waals surface area (Å²) in [5, 5.41) is 6.70. The molecule has 7 heavy (non-hydrogen) atoms. The highest BCUT2D eigenvalue weighted by Gasteiger charge is 1.84. The Labute approximate surface area is 41.0 Å². The molecule has 0 aromatic heterocycles. The lowest BCUT2D eigenvalue weighted by Gasteiger charge is -1.88. The Bertz CT molecular complexity index is 153. The summed E-state index contributed by atoms with van der Waals surface area (Å²) in [4.78, 5) is 4.25. The Balaban J connectivity index is 2.82. The molecule has 1 rings (SSSR count). The first-order chi connectivity index (χ1) is 3.39. The number of hydrogen-bond acceptors (Lipinski definition) is 3. The Morgan fingerprint density at radius 1 is 1.86 bits per heavy atom. The van der Waals surface area contributed by atoms with Crippen molar-refractivity contribution < 1.29 is 4.94 Å². The van der Waals surface area contributed by atoms with Gasteiger partial charge in [-0.05, 0) is 12.1 Å². The van der Waals surface area contributed by atoms with E-state index in [9.17, 15) is 0 Å². The molecule has 0 fully saturated rings. The molecule has 3 nitrogen and oxygen atoms in total. The molecule has 1 heterocycles. The van der Waals surface area contributed by atoms with Crippen molar-refractivity contribution in [3.63, 3.8) is 0 Å². The molecule has 0 aromatic rings. The average Bonchev–Trinajstić information content (AvgIpc) is 1.69. The molecule has 0 unspecified atom stereocenters. The monoisotopic (exact) mass is 96.0 g/mol. The van der Waals surface area contributed by atoms with Crippen molar-refractivity contribution in [2.24, 2.45) is 10.3 Å². The molecule has 0 atom stereocenters. The number of allylic oxidation sites excluding steroid dienone is 1. The minimum atomic E-state index is 0.787. The van der Waals surface area contributed by atoms with Gasteiger partial charge in [0.2, 0.25) is 0 Å². The van der Waals surface area contributed by atoms with Crippen LogP contribution in [-0.4, -0.2) is 11.6 Å². The maximum absolute atomic E-state index is 4.25. The second kappa shape index (κ2) is 1.58. The fourth-order valence-corrected chi connectivity index (χ4v) is 0.254. The van der Waals surface area contributed by atoms with E-state index >= 15 is 0 Å². The summed E-state index contributed by atoms with van der Waals surface area (Å²) in [5.41, 5.74) is 0.787. The van der Waals surface area contributed by atoms with Gasteiger partial charge in [0.25, 0.3) is 0 Å². The number of oxime groups is 1. The normalized spacial score (nSPS) is 15.9. The maximum Gasteiger partial charge on any atom is 0.0893 e. The first-order valence-corrected chi connectivity index (χ1v) is 1.89. The summed E-state index contributed by atoms with van der Waals surface area (Å²) >= 11 is 0. The van der Waals surface area contributed by atoms with Gasteiger partial charge in [0.05, 0.1) is 5.71 Å². The van der Waals surface area contributed by atoms with Crippen molar-refractivity contribution in [2.75, 3.05) is 0 Å². The molecule has 0 amide bonds. The van der Waals surface area contributed by atoms with Crippen LogP contribution in [-0.2, 0) is 4.94 Å². The molecule has 0 saturated heterocycles. The van der Waals surface area contributed by atoms with Crippen LogP contribution in [0.3, 0.4) is 0 Å². The minimum absolute atomic E-state index is 0.787. The van der Waals surface area contributed by atoms with Gasteiger partial charge in [-0.2, -0.15) is 0 Å². The van der Waals surface area contributed by atoms with Crippen LogP contribution in [0, 0.1) is 0 Å². The van der Waals surface area contributed by atoms with Gasteiger partial charge < -0.3 is 0 Å². The molecule has 3 heteroatoms. The second-order valence-corrected chi connectivity index (χ2v) is 1.18. The van der Waals surface area contributed by atoms with Gasteiger partial charge in [0, 0.05) is 11.9 Å². The van der Waals surface area contributed by atoms with Crippen molar-refractivity contribution >= 4 is 11.6 Å². The van der Waals surface area contributed by atoms with Crippen molar-refractivity contribution in [1.82, 2.24) is 0 Å². The number of nitrogens with zero attached hydrogens (tertiary/aromatic N) is 2. The fraction of sp³-hybridized carbons (Fsp3) is 0.250. The molecule has 1 aliphatic heterocycles. The van der Waals surface area contributed by atoms with E-state index in [1.807, 2.05) is 6.92 Å². The smallest absolute Gasteiger partial charge is 0.0893 e. The van der Waals surface area contributed by atoms with Crippen LogP contribution >= 0.6 is 0 Å². The van der Waals surface area contributed by atoms with Crippen molar-refractivity contribution in [3.05, 3.63) is 6.08 Å². The van der Waals surface area contributed by atoms with Gasteiger partial charge in [-0.3, -0.25) is 0 Å². The largest absolute Gasteiger partial charge is 0.236 e. The Morgan fingerprint density at radius 3 is 3.00 bits per heavy atom. The summed E-state index contributed by atoms with van der Waals surface area (Å²) in [6, 6.07) is 0. The van der Waals surface area contributed by atoms with Crippen LogP contribution in [0.25, 0.3) is 0 Å². The van der Waals surface area contributed by atoms with E-state index in [1.165, 1.54) is 0 Å². The summed E-state index contributed by atoms with van der Waals surface area (Å²) in [5.74, 6) is 2.48. The van der Waals surface area contributed by atoms with Gasteiger partial charge in [-0.25, -0.2) is 4.94 Å². The molecule has 0 radical (unpaired) electrons. The molecule has 0 bridgehead atoms. The molecular formula is C4H4N2O. The number of hydrogen-bond donors (Lipinski definition) is 0. The Hall–Kier alpha value is -1.08. The molecule has 0 N–H and O–H groups in total. The van der Waals surface area contributed by atoms with Gasteiger partial charge in [-0.1, -0.05) is 5.16 Å². The van der Waals surface area contributed by atoms with Crippen LogP contribution in [0.1, 0.15) is 6.92 Å². The molecular weight excluding hydrogens is 92.1 g/mol.